The molecule has 3 heterocycles. The molecule has 1 unspecified atom stereocenters. The summed E-state index contributed by atoms with van der Waals surface area (Å²) in [6.45, 7) is 5.07. The van der Waals surface area contributed by atoms with E-state index in [2.05, 4.69) is 38.7 Å². The fourth-order valence-corrected chi connectivity index (χ4v) is 4.02. The fourth-order valence-electron chi connectivity index (χ4n) is 4.02. The van der Waals surface area contributed by atoms with Gasteiger partial charge in [0.1, 0.15) is 12.2 Å². The second-order valence-electron chi connectivity index (χ2n) is 7.53. The number of hydrogen-bond donors (Lipinski definition) is 2. The molecule has 2 aliphatic rings. The predicted molar refractivity (Wildman–Crippen MR) is 113 cm³/mol. The summed E-state index contributed by atoms with van der Waals surface area (Å²) in [4.78, 5) is 23.5. The lowest BCUT2D eigenvalue weighted by Gasteiger charge is -2.25. The smallest absolute Gasteiger partial charge is 0.227 e. The number of rotatable bonds is 6. The molecule has 29 heavy (non-hydrogen) atoms. The van der Waals surface area contributed by atoms with E-state index in [1.54, 1.807) is 6.33 Å². The Morgan fingerprint density at radius 2 is 2.21 bits per heavy atom. The van der Waals surface area contributed by atoms with Gasteiger partial charge in [0.2, 0.25) is 5.91 Å². The van der Waals surface area contributed by atoms with Crippen molar-refractivity contribution in [3.05, 3.63) is 42.0 Å². The molecule has 0 spiro atoms. The average Bonchev–Trinajstić information content (AvgIpc) is 3.37. The number of carbonyl (C=O) groups excluding carboxylic acids is 1. The van der Waals surface area contributed by atoms with Gasteiger partial charge in [0.15, 0.2) is 5.96 Å². The van der Waals surface area contributed by atoms with Crippen LogP contribution in [0.4, 0.5) is 5.69 Å². The van der Waals surface area contributed by atoms with Gasteiger partial charge in [0.25, 0.3) is 0 Å². The van der Waals surface area contributed by atoms with Crippen molar-refractivity contribution in [3.63, 3.8) is 0 Å². The maximum Gasteiger partial charge on any atom is 0.227 e. The van der Waals surface area contributed by atoms with Crippen molar-refractivity contribution in [3.8, 4) is 0 Å². The highest BCUT2D eigenvalue weighted by Crippen LogP contribution is 2.28. The van der Waals surface area contributed by atoms with E-state index >= 15 is 0 Å². The van der Waals surface area contributed by atoms with E-state index in [0.29, 0.717) is 13.0 Å². The van der Waals surface area contributed by atoms with Gasteiger partial charge in [-0.2, -0.15) is 5.10 Å². The molecule has 0 radical (unpaired) electrons. The first kappa shape index (κ1) is 19.4. The topological polar surface area (TPSA) is 87.4 Å². The van der Waals surface area contributed by atoms with Crippen molar-refractivity contribution in [1.82, 2.24) is 25.4 Å². The van der Waals surface area contributed by atoms with Crippen molar-refractivity contribution >= 4 is 17.6 Å². The molecule has 8 nitrogen and oxygen atoms in total. The first-order valence-electron chi connectivity index (χ1n) is 10.5. The first-order valence-corrected chi connectivity index (χ1v) is 10.5. The van der Waals surface area contributed by atoms with Crippen LogP contribution in [0.15, 0.2) is 35.6 Å². The Balaban J connectivity index is 1.26. The first-order chi connectivity index (χ1) is 14.2. The molecule has 1 amide bonds. The maximum atomic E-state index is 12.6. The van der Waals surface area contributed by atoms with Gasteiger partial charge in [-0.15, -0.1) is 0 Å². The Labute approximate surface area is 171 Å². The molecule has 8 heteroatoms. The second kappa shape index (κ2) is 9.07. The number of aromatic nitrogens is 3. The van der Waals surface area contributed by atoms with E-state index in [9.17, 15) is 4.79 Å². The summed E-state index contributed by atoms with van der Waals surface area (Å²) < 4.78 is 1.96. The van der Waals surface area contributed by atoms with Crippen molar-refractivity contribution in [2.24, 2.45) is 4.99 Å². The Morgan fingerprint density at radius 3 is 3.10 bits per heavy atom. The molecule has 0 saturated carbocycles. The molecule has 2 aromatic rings. The van der Waals surface area contributed by atoms with Crippen LogP contribution >= 0.6 is 0 Å². The highest BCUT2D eigenvalue weighted by Gasteiger charge is 2.23. The number of nitrogens with one attached hydrogen (secondary N) is 2. The van der Waals surface area contributed by atoms with E-state index in [4.69, 9.17) is 0 Å². The zero-order valence-electron chi connectivity index (χ0n) is 17.0. The minimum absolute atomic E-state index is 0.189. The number of aliphatic imine (C=N–C) groups is 1. The number of carbonyl (C=O) groups is 1. The summed E-state index contributed by atoms with van der Waals surface area (Å²) in [6, 6.07) is 8.46. The zero-order chi connectivity index (χ0) is 20.1. The number of benzene rings is 1. The van der Waals surface area contributed by atoms with E-state index in [1.165, 1.54) is 5.56 Å². The molecule has 1 aromatic heterocycles. The van der Waals surface area contributed by atoms with Gasteiger partial charge >= 0.3 is 0 Å². The lowest BCUT2D eigenvalue weighted by molar-refractivity contribution is -0.118. The molecule has 2 aliphatic heterocycles. The van der Waals surface area contributed by atoms with Gasteiger partial charge in [-0.1, -0.05) is 18.2 Å². The van der Waals surface area contributed by atoms with E-state index in [1.807, 2.05) is 27.8 Å². The molecule has 2 N–H and O–H groups in total. The van der Waals surface area contributed by atoms with Gasteiger partial charge in [-0.3, -0.25) is 9.79 Å². The zero-order valence-corrected chi connectivity index (χ0v) is 17.0. The van der Waals surface area contributed by atoms with Crippen LogP contribution in [0.3, 0.4) is 0 Å². The van der Waals surface area contributed by atoms with Crippen LogP contribution in [-0.2, 0) is 24.2 Å². The third-order valence-corrected chi connectivity index (χ3v) is 5.50. The molecule has 4 rings (SSSR count). The molecule has 1 atom stereocenters. The second-order valence-corrected chi connectivity index (χ2v) is 7.53. The Kier molecular flexibility index (Phi) is 6.07. The van der Waals surface area contributed by atoms with Gasteiger partial charge in [0.05, 0.1) is 6.54 Å². The van der Waals surface area contributed by atoms with Gasteiger partial charge in [0, 0.05) is 44.2 Å². The highest BCUT2D eigenvalue weighted by molar-refractivity contribution is 5.95. The number of anilines is 1. The van der Waals surface area contributed by atoms with Crippen molar-refractivity contribution < 1.29 is 4.79 Å². The van der Waals surface area contributed by atoms with Crippen LogP contribution < -0.4 is 15.5 Å². The molecular formula is C21H29N7O. The number of aryl methyl sites for hydroxylation is 1. The summed E-state index contributed by atoms with van der Waals surface area (Å²) in [6.07, 6.45) is 5.75. The summed E-state index contributed by atoms with van der Waals surface area (Å²) >= 11 is 0. The summed E-state index contributed by atoms with van der Waals surface area (Å²) in [5, 5.41) is 11.1. The normalized spacial score (nSPS) is 18.3. The minimum Gasteiger partial charge on any atom is -0.357 e. The van der Waals surface area contributed by atoms with Crippen LogP contribution in [0.1, 0.15) is 37.6 Å². The van der Waals surface area contributed by atoms with Crippen LogP contribution in [0.2, 0.25) is 0 Å². The average molecular weight is 396 g/mol. The lowest BCUT2D eigenvalue weighted by atomic mass is 10.1. The van der Waals surface area contributed by atoms with Crippen LogP contribution in [0, 0.1) is 0 Å². The van der Waals surface area contributed by atoms with E-state index in [-0.39, 0.29) is 11.9 Å². The Bertz CT molecular complexity index is 875. The van der Waals surface area contributed by atoms with E-state index < -0.39 is 0 Å². The monoisotopic (exact) mass is 395 g/mol. The number of para-hydroxylation sites is 1. The number of hydrogen-bond acceptors (Lipinski definition) is 4. The fraction of sp³-hybridized carbons (Fsp3) is 0.524. The third-order valence-electron chi connectivity index (χ3n) is 5.50. The third kappa shape index (κ3) is 4.58. The molecule has 0 fully saturated rings. The summed E-state index contributed by atoms with van der Waals surface area (Å²) in [7, 11) is 0. The molecule has 0 aliphatic carbocycles. The summed E-state index contributed by atoms with van der Waals surface area (Å²) in [5.41, 5.74) is 2.33. The molecular weight excluding hydrogens is 366 g/mol. The molecule has 154 valence electrons. The van der Waals surface area contributed by atoms with Gasteiger partial charge in [-0.05, 0) is 37.8 Å². The van der Waals surface area contributed by atoms with Crippen molar-refractivity contribution in [1.29, 1.82) is 0 Å². The predicted octanol–water partition coefficient (Wildman–Crippen LogP) is 1.52. The number of fused-ring (bicyclic) bond motifs is 2. The van der Waals surface area contributed by atoms with Crippen LogP contribution in [-0.4, -0.2) is 52.3 Å². The highest BCUT2D eigenvalue weighted by atomic mass is 16.2. The number of amides is 1. The maximum absolute atomic E-state index is 12.6. The molecule has 0 saturated heterocycles. The SMILES string of the molecule is CCNC(=NCCCC(=O)N1CCc2ccccc21)NC1CCc2ncnn2C1. The van der Waals surface area contributed by atoms with Gasteiger partial charge < -0.3 is 15.5 Å². The largest absolute Gasteiger partial charge is 0.357 e. The number of guanidine groups is 1. The quantitative estimate of drug-likeness (QED) is 0.440. The van der Waals surface area contributed by atoms with Crippen molar-refractivity contribution in [2.45, 2.75) is 51.6 Å². The Morgan fingerprint density at radius 1 is 1.31 bits per heavy atom. The van der Waals surface area contributed by atoms with Gasteiger partial charge in [-0.25, -0.2) is 9.67 Å². The Hall–Kier alpha value is -2.90. The van der Waals surface area contributed by atoms with Crippen LogP contribution in [0.5, 0.6) is 0 Å². The van der Waals surface area contributed by atoms with Crippen LogP contribution in [0.25, 0.3) is 0 Å². The minimum atomic E-state index is 0.189. The lowest BCUT2D eigenvalue weighted by Crippen LogP contribution is -2.47. The summed E-state index contributed by atoms with van der Waals surface area (Å²) in [5.74, 6) is 2.04. The number of nitrogens with zero attached hydrogens (tertiary/aromatic N) is 5. The molecule has 0 bridgehead atoms. The van der Waals surface area contributed by atoms with Crippen molar-refractivity contribution in [2.75, 3.05) is 24.5 Å². The standard InChI is InChI=1S/C21H29N7O/c1-2-22-21(26-17-9-10-19-24-15-25-28(19)14-17)23-12-5-8-20(29)27-13-11-16-6-3-4-7-18(16)27/h3-4,6-7,15,17H,2,5,8-14H2,1H3,(H2,22,23,26). The van der Waals surface area contributed by atoms with E-state index in [0.717, 1.165) is 62.8 Å². The molecule has 1 aromatic carbocycles.